The van der Waals surface area contributed by atoms with Crippen molar-refractivity contribution >= 4 is 8.38 Å². The molecule has 0 aromatic carbocycles. The summed E-state index contributed by atoms with van der Waals surface area (Å²) in [6.45, 7) is 8.49. The Bertz CT molecular complexity index is 147. The van der Waals surface area contributed by atoms with Crippen LogP contribution in [0.1, 0.15) is 40.5 Å². The molecule has 1 heterocycles. The van der Waals surface area contributed by atoms with Gasteiger partial charge in [-0.15, -0.1) is 0 Å². The molecule has 12 heavy (non-hydrogen) atoms. The molecule has 2 nitrogen and oxygen atoms in total. The van der Waals surface area contributed by atoms with Gasteiger partial charge in [-0.1, -0.05) is 13.3 Å². The van der Waals surface area contributed by atoms with Gasteiger partial charge < -0.3 is 9.05 Å². The van der Waals surface area contributed by atoms with Gasteiger partial charge in [-0.3, -0.25) is 0 Å². The lowest BCUT2D eigenvalue weighted by atomic mass is 10.0. The van der Waals surface area contributed by atoms with Gasteiger partial charge in [-0.2, -0.15) is 0 Å². The Hall–Kier alpha value is 0.350. The fourth-order valence-electron chi connectivity index (χ4n) is 1.05. The topological polar surface area (TPSA) is 18.5 Å². The molecular weight excluding hydrogens is 171 g/mol. The van der Waals surface area contributed by atoms with Crippen molar-refractivity contribution in [1.82, 2.24) is 0 Å². The van der Waals surface area contributed by atoms with Crippen molar-refractivity contribution in [2.75, 3.05) is 6.16 Å². The largest absolute Gasteiger partial charge is 0.328 e. The van der Waals surface area contributed by atoms with E-state index >= 15 is 0 Å². The van der Waals surface area contributed by atoms with Gasteiger partial charge in [-0.25, -0.2) is 0 Å². The van der Waals surface area contributed by atoms with Crippen LogP contribution in [0.5, 0.6) is 0 Å². The third-order valence-corrected chi connectivity index (χ3v) is 4.19. The van der Waals surface area contributed by atoms with E-state index in [2.05, 4.69) is 27.7 Å². The zero-order chi connectivity index (χ0) is 9.19. The first-order valence-electron chi connectivity index (χ1n) is 4.69. The number of hydrogen-bond donors (Lipinski definition) is 0. The summed E-state index contributed by atoms with van der Waals surface area (Å²) < 4.78 is 11.5. The molecule has 3 heteroatoms. The van der Waals surface area contributed by atoms with Crippen molar-refractivity contribution in [1.29, 1.82) is 0 Å². The van der Waals surface area contributed by atoms with E-state index in [4.69, 9.17) is 9.05 Å². The van der Waals surface area contributed by atoms with Crippen LogP contribution in [0, 0.1) is 0 Å². The first kappa shape index (κ1) is 10.4. The minimum absolute atomic E-state index is 0.0700. The Labute approximate surface area is 76.6 Å². The lowest BCUT2D eigenvalue weighted by Gasteiger charge is -2.19. The average molecular weight is 190 g/mol. The first-order valence-corrected chi connectivity index (χ1v) is 6.06. The van der Waals surface area contributed by atoms with E-state index in [-0.39, 0.29) is 11.7 Å². The summed E-state index contributed by atoms with van der Waals surface area (Å²) in [7, 11) is -0.578. The van der Waals surface area contributed by atoms with Crippen LogP contribution in [0.25, 0.3) is 0 Å². The van der Waals surface area contributed by atoms with Crippen molar-refractivity contribution in [2.45, 2.75) is 52.2 Å². The van der Waals surface area contributed by atoms with E-state index in [1.54, 1.807) is 0 Å². The maximum Gasteiger partial charge on any atom is 0.171 e. The van der Waals surface area contributed by atoms with Gasteiger partial charge in [0.25, 0.3) is 0 Å². The molecule has 1 aliphatic heterocycles. The molecule has 0 N–H and O–H groups in total. The Morgan fingerprint density at radius 2 is 2.08 bits per heavy atom. The zero-order valence-electron chi connectivity index (χ0n) is 8.46. The molecule has 1 fully saturated rings. The highest BCUT2D eigenvalue weighted by Gasteiger charge is 2.39. The summed E-state index contributed by atoms with van der Waals surface area (Å²) in [5.74, 6) is 0. The highest BCUT2D eigenvalue weighted by Crippen LogP contribution is 2.53. The molecule has 2 atom stereocenters. The van der Waals surface area contributed by atoms with E-state index < -0.39 is 8.38 Å². The monoisotopic (exact) mass is 190 g/mol. The van der Waals surface area contributed by atoms with Gasteiger partial charge in [0.05, 0.1) is 11.7 Å². The number of rotatable bonds is 3. The predicted octanol–water partition coefficient (Wildman–Crippen LogP) is 3.31. The van der Waals surface area contributed by atoms with E-state index in [9.17, 15) is 0 Å². The number of hydrogen-bond acceptors (Lipinski definition) is 2. The quantitative estimate of drug-likeness (QED) is 0.635. The van der Waals surface area contributed by atoms with Crippen molar-refractivity contribution < 1.29 is 9.05 Å². The second kappa shape index (κ2) is 4.04. The molecular formula is C9H19O2P. The molecule has 0 spiro atoms. The van der Waals surface area contributed by atoms with Crippen LogP contribution < -0.4 is 0 Å². The fraction of sp³-hybridized carbons (Fsp3) is 1.00. The van der Waals surface area contributed by atoms with E-state index in [1.807, 2.05) is 0 Å². The van der Waals surface area contributed by atoms with Crippen LogP contribution in [0.15, 0.2) is 0 Å². The third-order valence-electron chi connectivity index (χ3n) is 2.29. The Balaban J connectivity index is 2.33. The molecule has 2 unspecified atom stereocenters. The molecule has 0 aromatic rings. The summed E-state index contributed by atoms with van der Waals surface area (Å²) in [5.41, 5.74) is -0.0700. The van der Waals surface area contributed by atoms with Gasteiger partial charge >= 0.3 is 0 Å². The van der Waals surface area contributed by atoms with Gasteiger partial charge in [0.2, 0.25) is 0 Å². The highest BCUT2D eigenvalue weighted by atomic mass is 31.2. The maximum absolute atomic E-state index is 5.81. The average Bonchev–Trinajstić information content (AvgIpc) is 2.22. The molecule has 1 aliphatic rings. The molecule has 72 valence electrons. The minimum Gasteiger partial charge on any atom is -0.328 e. The van der Waals surface area contributed by atoms with Crippen LogP contribution in [-0.4, -0.2) is 17.9 Å². The van der Waals surface area contributed by atoms with Crippen LogP contribution in [0.3, 0.4) is 0 Å². The summed E-state index contributed by atoms with van der Waals surface area (Å²) in [6, 6.07) is 0. The normalized spacial score (nSPS) is 34.0. The van der Waals surface area contributed by atoms with Gasteiger partial charge in [-0.05, 0) is 27.2 Å². The van der Waals surface area contributed by atoms with Crippen molar-refractivity contribution in [3.63, 3.8) is 0 Å². The SMILES string of the molecule is CCCCP1OC(C)C(C)(C)O1. The molecule has 0 radical (unpaired) electrons. The Morgan fingerprint density at radius 3 is 2.50 bits per heavy atom. The summed E-state index contributed by atoms with van der Waals surface area (Å²) >= 11 is 0. The Kier molecular flexibility index (Phi) is 3.51. The van der Waals surface area contributed by atoms with E-state index in [0.717, 1.165) is 6.16 Å². The standard InChI is InChI=1S/C9H19O2P/c1-5-6-7-12-10-8(2)9(3,4)11-12/h8H,5-7H2,1-4H3. The summed E-state index contributed by atoms with van der Waals surface area (Å²) in [5, 5.41) is 0. The van der Waals surface area contributed by atoms with Crippen molar-refractivity contribution in [2.24, 2.45) is 0 Å². The van der Waals surface area contributed by atoms with E-state index in [0.29, 0.717) is 0 Å². The van der Waals surface area contributed by atoms with Crippen LogP contribution in [0.4, 0.5) is 0 Å². The van der Waals surface area contributed by atoms with Crippen LogP contribution >= 0.6 is 8.38 Å². The highest BCUT2D eigenvalue weighted by molar-refractivity contribution is 7.47. The molecule has 0 aliphatic carbocycles. The van der Waals surface area contributed by atoms with Crippen LogP contribution in [0.2, 0.25) is 0 Å². The molecule has 0 bridgehead atoms. The predicted molar refractivity (Wildman–Crippen MR) is 52.4 cm³/mol. The molecule has 0 saturated carbocycles. The zero-order valence-corrected chi connectivity index (χ0v) is 9.36. The molecule has 0 amide bonds. The fourth-order valence-corrected chi connectivity index (χ4v) is 3.14. The summed E-state index contributed by atoms with van der Waals surface area (Å²) in [4.78, 5) is 0. The summed E-state index contributed by atoms with van der Waals surface area (Å²) in [6.07, 6.45) is 3.79. The lowest BCUT2D eigenvalue weighted by molar-refractivity contribution is 0.0853. The lowest BCUT2D eigenvalue weighted by Crippen LogP contribution is -2.29. The maximum atomic E-state index is 5.81. The van der Waals surface area contributed by atoms with E-state index in [1.165, 1.54) is 12.8 Å². The molecule has 1 saturated heterocycles. The van der Waals surface area contributed by atoms with Gasteiger partial charge in [0.15, 0.2) is 8.38 Å². The van der Waals surface area contributed by atoms with Gasteiger partial charge in [0.1, 0.15) is 0 Å². The molecule has 0 aromatic heterocycles. The number of unbranched alkanes of at least 4 members (excludes halogenated alkanes) is 1. The van der Waals surface area contributed by atoms with Crippen molar-refractivity contribution in [3.05, 3.63) is 0 Å². The first-order chi connectivity index (χ1) is 5.56. The Morgan fingerprint density at radius 1 is 1.42 bits per heavy atom. The second-order valence-electron chi connectivity index (χ2n) is 3.85. The second-order valence-corrected chi connectivity index (χ2v) is 5.36. The minimum atomic E-state index is -0.578. The smallest absolute Gasteiger partial charge is 0.171 e. The van der Waals surface area contributed by atoms with Gasteiger partial charge in [0, 0.05) is 6.16 Å². The van der Waals surface area contributed by atoms with Crippen molar-refractivity contribution in [3.8, 4) is 0 Å². The van der Waals surface area contributed by atoms with Crippen LogP contribution in [-0.2, 0) is 9.05 Å². The third kappa shape index (κ3) is 2.42. The molecule has 1 rings (SSSR count).